The zero-order valence-electron chi connectivity index (χ0n) is 52.9. The van der Waals surface area contributed by atoms with E-state index in [1.54, 1.807) is 16.0 Å². The molecule has 504 valence electrons. The highest BCUT2D eigenvalue weighted by Gasteiger charge is 2.31. The van der Waals surface area contributed by atoms with Crippen molar-refractivity contribution in [2.75, 3.05) is 52.4 Å². The molecule has 2 N–H and O–H groups in total. The fourth-order valence-electron chi connectivity index (χ4n) is 11.0. The number of carbonyl (C=O) groups excluding carboxylic acids is 3. The molecule has 8 aromatic rings. The highest BCUT2D eigenvalue weighted by atomic mass is 79.9. The van der Waals surface area contributed by atoms with Crippen LogP contribution in [0.5, 0.6) is 0 Å². The van der Waals surface area contributed by atoms with Crippen molar-refractivity contribution in [3.8, 4) is 0 Å². The molecule has 4 aliphatic heterocycles. The average Bonchev–Trinajstić information content (AvgIpc) is 1.80. The van der Waals surface area contributed by atoms with E-state index in [1.807, 2.05) is 110 Å². The van der Waals surface area contributed by atoms with E-state index in [0.29, 0.717) is 44.3 Å². The van der Waals surface area contributed by atoms with Crippen LogP contribution in [-0.2, 0) is 14.2 Å². The number of aromatic nitrogens is 8. The number of hydrogen-bond donors (Lipinski definition) is 2. The van der Waals surface area contributed by atoms with Crippen LogP contribution in [0.3, 0.4) is 0 Å². The molecule has 0 saturated carbocycles. The van der Waals surface area contributed by atoms with E-state index in [9.17, 15) is 14.4 Å². The summed E-state index contributed by atoms with van der Waals surface area (Å²) in [7, 11) is 0. The van der Waals surface area contributed by atoms with Gasteiger partial charge in [0.2, 0.25) is 0 Å². The number of piperidine rings is 4. The van der Waals surface area contributed by atoms with Crippen molar-refractivity contribution < 1.29 is 28.6 Å². The van der Waals surface area contributed by atoms with Crippen molar-refractivity contribution in [3.05, 3.63) is 118 Å². The molecule has 0 atom stereocenters. The molecule has 4 aliphatic rings. The first-order chi connectivity index (χ1) is 40.8. The first kappa shape index (κ1) is 79.0. The number of rotatable bonds is 3. The van der Waals surface area contributed by atoms with Crippen molar-refractivity contribution in [2.24, 2.45) is 5.92 Å². The molecule has 4 aromatic carbocycles. The zero-order valence-corrected chi connectivity index (χ0v) is 56.9. The summed E-state index contributed by atoms with van der Waals surface area (Å²) in [6.07, 6.45) is 15.2. The molecule has 3 amide bonds. The van der Waals surface area contributed by atoms with Crippen molar-refractivity contribution in [3.63, 3.8) is 0 Å². The third-order valence-corrected chi connectivity index (χ3v) is 16.5. The number of aryl methyl sites for hydroxylation is 2. The van der Waals surface area contributed by atoms with Gasteiger partial charge in [-0.25, -0.2) is 14.4 Å². The standard InChI is InChI=1S/C18H25N3O2.C17H22BrN3O2.C13H17N3.C11H21NO2.C7H5BrN2.4CH4.ClH/c1-13-5-6-16-14(11-13)12-19-21(16)15-7-9-20(10-8-15)17(22)23-18(2,3)4;1-17(2,3)23-16(22)20-8-6-14(7-9-20)21-15-5-4-13(18)10-12(15)11-19-21;1-10-2-3-13-11(8-10)9-15-16(13)12-4-6-14-7-5-12;1-9-5-7-12(8-6-9)10(13)14-11(2,3)4;8-6-1-2-7-5(3-6)4-9-10-7;;;;;/h5-6,11-12,15H,7-10H2,1-4H3;4-5,10-11,14H,6-9H2,1-3H3;2-3,8-9,12,14H,4-7H2,1H3;9H,5-8H2,1-4H3;1-4H,(H,9,10);4*1H4;1H. The van der Waals surface area contributed by atoms with Crippen molar-refractivity contribution in [2.45, 2.75) is 199 Å². The first-order valence-corrected chi connectivity index (χ1v) is 32.1. The number of hydrogen-bond acceptors (Lipinski definition) is 11. The number of fused-ring (bicyclic) bond motifs is 4. The summed E-state index contributed by atoms with van der Waals surface area (Å²) in [6, 6.07) is 26.4. The lowest BCUT2D eigenvalue weighted by Crippen LogP contribution is -2.42. The minimum Gasteiger partial charge on any atom is -0.444 e. The van der Waals surface area contributed by atoms with Crippen LogP contribution in [0.2, 0.25) is 0 Å². The molecule has 0 spiro atoms. The molecule has 12 rings (SSSR count). The van der Waals surface area contributed by atoms with Crippen molar-refractivity contribution >= 4 is 106 Å². The Labute approximate surface area is 565 Å². The Kier molecular flexibility index (Phi) is 30.5. The number of ether oxygens (including phenoxy) is 3. The summed E-state index contributed by atoms with van der Waals surface area (Å²) in [4.78, 5) is 41.3. The lowest BCUT2D eigenvalue weighted by molar-refractivity contribution is 0.0176. The SMILES string of the molecule is Brc1ccc2[nH]ncc2c1.C.C.C.C.CC(C)(C)OC(=O)N1CCC(n2ncc3cc(Br)ccc32)CC1.CC1CCN(C(=O)OC(C)(C)C)CC1.Cc1ccc2c(cnn2C2CCN(C(=O)OC(C)(C)C)CC2)c1.Cc1ccc2c(cnn2C2CCNCC2)c1.Cl. The Morgan fingerprint density at radius 3 is 1.18 bits per heavy atom. The topological polar surface area (TPSA) is 183 Å². The van der Waals surface area contributed by atoms with Gasteiger partial charge in [0.05, 0.1) is 65.0 Å². The van der Waals surface area contributed by atoms with Crippen LogP contribution in [0, 0.1) is 19.8 Å². The molecule has 4 saturated heterocycles. The van der Waals surface area contributed by atoms with Crippen LogP contribution in [0.25, 0.3) is 43.6 Å². The minimum atomic E-state index is -0.445. The molecule has 18 nitrogen and oxygen atoms in total. The van der Waals surface area contributed by atoms with Gasteiger partial charge in [0, 0.05) is 69.8 Å². The Morgan fingerprint density at radius 2 is 0.791 bits per heavy atom. The molecule has 0 bridgehead atoms. The van der Waals surface area contributed by atoms with Gasteiger partial charge in [-0.15, -0.1) is 12.4 Å². The molecule has 4 aromatic heterocycles. The summed E-state index contributed by atoms with van der Waals surface area (Å²) in [5, 5.41) is 28.5. The highest BCUT2D eigenvalue weighted by molar-refractivity contribution is 9.10. The van der Waals surface area contributed by atoms with E-state index >= 15 is 0 Å². The molecular weight excluding hydrogens is 1300 g/mol. The quantitative estimate of drug-likeness (QED) is 0.161. The van der Waals surface area contributed by atoms with E-state index in [-0.39, 0.29) is 66.0 Å². The predicted octanol–water partition coefficient (Wildman–Crippen LogP) is 18.5. The molecule has 91 heavy (non-hydrogen) atoms. The summed E-state index contributed by atoms with van der Waals surface area (Å²) in [5.74, 6) is 0.744. The van der Waals surface area contributed by atoms with Gasteiger partial charge in [0.15, 0.2) is 0 Å². The predicted molar refractivity (Wildman–Crippen MR) is 384 cm³/mol. The molecular formula is C70H107Br2ClN12O6. The fourth-order valence-corrected chi connectivity index (χ4v) is 11.7. The minimum absolute atomic E-state index is 0. The lowest BCUT2D eigenvalue weighted by atomic mass is 10.00. The van der Waals surface area contributed by atoms with Gasteiger partial charge < -0.3 is 34.2 Å². The maximum atomic E-state index is 12.1. The van der Waals surface area contributed by atoms with Crippen LogP contribution in [0.4, 0.5) is 14.4 Å². The largest absolute Gasteiger partial charge is 0.444 e. The second kappa shape index (κ2) is 35.2. The van der Waals surface area contributed by atoms with Gasteiger partial charge in [0.1, 0.15) is 16.8 Å². The Morgan fingerprint density at radius 1 is 0.462 bits per heavy atom. The number of carbonyl (C=O) groups is 3. The van der Waals surface area contributed by atoms with Gasteiger partial charge in [-0.2, -0.15) is 20.4 Å². The van der Waals surface area contributed by atoms with Crippen LogP contribution in [0.15, 0.2) is 107 Å². The van der Waals surface area contributed by atoms with Crippen LogP contribution >= 0.6 is 44.3 Å². The summed E-state index contributed by atoms with van der Waals surface area (Å²) in [6.45, 7) is 30.3. The Balaban J connectivity index is 0.000000301. The van der Waals surface area contributed by atoms with Crippen LogP contribution in [0.1, 0.15) is 180 Å². The fraction of sp³-hybridized carbons (Fsp3) is 0.557. The van der Waals surface area contributed by atoms with Crippen molar-refractivity contribution in [1.82, 2.24) is 59.6 Å². The van der Waals surface area contributed by atoms with E-state index in [0.717, 1.165) is 101 Å². The normalized spacial score (nSPS) is 15.8. The van der Waals surface area contributed by atoms with E-state index < -0.39 is 11.2 Å². The highest BCUT2D eigenvalue weighted by Crippen LogP contribution is 2.31. The van der Waals surface area contributed by atoms with Gasteiger partial charge in [-0.1, -0.05) is 91.7 Å². The number of benzene rings is 4. The number of amides is 3. The molecule has 21 heteroatoms. The first-order valence-electron chi connectivity index (χ1n) is 30.5. The van der Waals surface area contributed by atoms with E-state index in [2.05, 4.69) is 146 Å². The van der Waals surface area contributed by atoms with Gasteiger partial charge in [-0.3, -0.25) is 19.1 Å². The number of nitrogens with zero attached hydrogens (tertiary/aromatic N) is 10. The van der Waals surface area contributed by atoms with Crippen LogP contribution < -0.4 is 5.32 Å². The molecule has 0 radical (unpaired) electrons. The second-order valence-corrected chi connectivity index (χ2v) is 28.1. The number of likely N-dealkylation sites (tertiary alicyclic amines) is 3. The lowest BCUT2D eigenvalue weighted by Gasteiger charge is -2.33. The molecule has 8 heterocycles. The number of aromatic amines is 1. The maximum Gasteiger partial charge on any atom is 0.410 e. The summed E-state index contributed by atoms with van der Waals surface area (Å²) in [5.41, 5.74) is 5.95. The molecule has 4 fully saturated rings. The Hall–Kier alpha value is -6.22. The monoisotopic (exact) mass is 1400 g/mol. The van der Waals surface area contributed by atoms with Gasteiger partial charge in [0.25, 0.3) is 0 Å². The molecule has 0 unspecified atom stereocenters. The van der Waals surface area contributed by atoms with Gasteiger partial charge in [-0.05, 0) is 207 Å². The number of H-pyrrole nitrogens is 1. The van der Waals surface area contributed by atoms with Crippen LogP contribution in [-0.4, -0.2) is 142 Å². The Bertz CT molecular complexity index is 3390. The third kappa shape index (κ3) is 23.1. The van der Waals surface area contributed by atoms with E-state index in [1.165, 1.54) is 45.8 Å². The maximum absolute atomic E-state index is 12.1. The third-order valence-electron chi connectivity index (χ3n) is 15.5. The van der Waals surface area contributed by atoms with Crippen molar-refractivity contribution in [1.29, 1.82) is 0 Å². The second-order valence-electron chi connectivity index (χ2n) is 26.2. The number of nitrogens with one attached hydrogen (secondary N) is 2. The number of halogens is 3. The summed E-state index contributed by atoms with van der Waals surface area (Å²) >= 11 is 6.87. The average molecular weight is 1410 g/mol. The van der Waals surface area contributed by atoms with Gasteiger partial charge >= 0.3 is 18.3 Å². The zero-order chi connectivity index (χ0) is 61.9. The molecule has 0 aliphatic carbocycles. The summed E-state index contributed by atoms with van der Waals surface area (Å²) < 4.78 is 24.7. The van der Waals surface area contributed by atoms with E-state index in [4.69, 9.17) is 14.2 Å². The smallest absolute Gasteiger partial charge is 0.410 e.